The molecule has 0 saturated carbocycles. The molecule has 0 bridgehead atoms. The van der Waals surface area contributed by atoms with Gasteiger partial charge in [0.05, 0.1) is 12.2 Å². The van der Waals surface area contributed by atoms with Gasteiger partial charge in [0.1, 0.15) is 23.3 Å². The predicted molar refractivity (Wildman–Crippen MR) is 85.4 cm³/mol. The molecule has 3 N–H and O–H groups in total. The number of hydroxylamine groups is 2. The Labute approximate surface area is 139 Å². The van der Waals surface area contributed by atoms with Gasteiger partial charge in [-0.25, -0.2) is 5.06 Å². The molecule has 0 fully saturated rings. The minimum Gasteiger partial charge on any atom is -0.479 e. The Morgan fingerprint density at radius 1 is 1.29 bits per heavy atom. The lowest BCUT2D eigenvalue weighted by molar-refractivity contribution is -0.172. The standard InChI is InChI=1S/C17H17N3O4/c1-12(17(21)20(22)11-19)23-16-9-15(8-7-13(16)10-18)24-14-5-3-2-4-6-14/h2-9,12,22H,11,19H2,1H3. The van der Waals surface area contributed by atoms with Gasteiger partial charge in [0, 0.05) is 6.07 Å². The van der Waals surface area contributed by atoms with Crippen LogP contribution in [0.3, 0.4) is 0 Å². The van der Waals surface area contributed by atoms with Crippen molar-refractivity contribution in [3.8, 4) is 23.3 Å². The quantitative estimate of drug-likeness (QED) is 0.478. The van der Waals surface area contributed by atoms with Gasteiger partial charge in [-0.15, -0.1) is 0 Å². The molecule has 0 saturated heterocycles. The van der Waals surface area contributed by atoms with Crippen LogP contribution < -0.4 is 15.2 Å². The molecule has 2 aromatic carbocycles. The van der Waals surface area contributed by atoms with E-state index in [1.165, 1.54) is 19.1 Å². The zero-order valence-electron chi connectivity index (χ0n) is 13.0. The zero-order chi connectivity index (χ0) is 17.5. The lowest BCUT2D eigenvalue weighted by Crippen LogP contribution is -2.41. The van der Waals surface area contributed by atoms with E-state index in [4.69, 9.17) is 15.2 Å². The maximum absolute atomic E-state index is 11.8. The molecule has 0 heterocycles. The van der Waals surface area contributed by atoms with Gasteiger partial charge in [0.25, 0.3) is 5.91 Å². The van der Waals surface area contributed by atoms with Crippen LogP contribution in [0.1, 0.15) is 12.5 Å². The minimum atomic E-state index is -1.02. The van der Waals surface area contributed by atoms with Crippen molar-refractivity contribution in [2.45, 2.75) is 13.0 Å². The highest BCUT2D eigenvalue weighted by Gasteiger charge is 2.21. The third-order valence-electron chi connectivity index (χ3n) is 3.13. The van der Waals surface area contributed by atoms with Gasteiger partial charge in [-0.1, -0.05) is 18.2 Å². The topological polar surface area (TPSA) is 109 Å². The SMILES string of the molecule is CC(Oc1cc(Oc2ccccc2)ccc1C#N)C(=O)N(O)CN. The monoisotopic (exact) mass is 327 g/mol. The summed E-state index contributed by atoms with van der Waals surface area (Å²) in [6.45, 7) is 1.10. The lowest BCUT2D eigenvalue weighted by atomic mass is 10.2. The summed E-state index contributed by atoms with van der Waals surface area (Å²) in [5.74, 6) is 0.546. The number of carbonyl (C=O) groups is 1. The summed E-state index contributed by atoms with van der Waals surface area (Å²) in [7, 11) is 0. The number of ether oxygens (including phenoxy) is 2. The molecule has 0 radical (unpaired) electrons. The molecule has 24 heavy (non-hydrogen) atoms. The number of rotatable bonds is 6. The van der Waals surface area contributed by atoms with Crippen LogP contribution in [-0.2, 0) is 4.79 Å². The summed E-state index contributed by atoms with van der Waals surface area (Å²) in [4.78, 5) is 11.8. The molecule has 1 amide bonds. The Bertz CT molecular complexity index is 743. The molecule has 0 aliphatic heterocycles. The average Bonchev–Trinajstić information content (AvgIpc) is 2.61. The summed E-state index contributed by atoms with van der Waals surface area (Å²) in [6.07, 6.45) is -1.02. The average molecular weight is 327 g/mol. The Hall–Kier alpha value is -3.08. The van der Waals surface area contributed by atoms with Crippen LogP contribution >= 0.6 is 0 Å². The fraction of sp³-hybridized carbons (Fsp3) is 0.176. The molecule has 0 aromatic heterocycles. The first kappa shape index (κ1) is 17.3. The molecular formula is C17H17N3O4. The van der Waals surface area contributed by atoms with E-state index in [0.29, 0.717) is 16.6 Å². The van der Waals surface area contributed by atoms with Crippen molar-refractivity contribution in [2.75, 3.05) is 6.67 Å². The fourth-order valence-electron chi connectivity index (χ4n) is 1.92. The Morgan fingerprint density at radius 3 is 2.62 bits per heavy atom. The van der Waals surface area contributed by atoms with Crippen molar-refractivity contribution in [1.82, 2.24) is 5.06 Å². The Morgan fingerprint density at radius 2 is 2.00 bits per heavy atom. The fourth-order valence-corrected chi connectivity index (χ4v) is 1.92. The van der Waals surface area contributed by atoms with Crippen molar-refractivity contribution in [1.29, 1.82) is 5.26 Å². The number of para-hydroxylation sites is 1. The smallest absolute Gasteiger partial charge is 0.287 e. The van der Waals surface area contributed by atoms with Gasteiger partial charge < -0.3 is 15.2 Å². The molecule has 0 spiro atoms. The number of nitriles is 1. The summed E-state index contributed by atoms with van der Waals surface area (Å²) in [5, 5.41) is 18.9. The number of nitrogens with two attached hydrogens (primary N) is 1. The van der Waals surface area contributed by atoms with Crippen LogP contribution in [0.15, 0.2) is 48.5 Å². The first-order chi connectivity index (χ1) is 11.5. The highest BCUT2D eigenvalue weighted by molar-refractivity contribution is 5.79. The second kappa shape index (κ2) is 7.97. The van der Waals surface area contributed by atoms with E-state index in [1.54, 1.807) is 18.2 Å². The van der Waals surface area contributed by atoms with E-state index in [0.717, 1.165) is 0 Å². The van der Waals surface area contributed by atoms with E-state index >= 15 is 0 Å². The van der Waals surface area contributed by atoms with E-state index < -0.39 is 12.0 Å². The van der Waals surface area contributed by atoms with Crippen LogP contribution in [0, 0.1) is 11.3 Å². The van der Waals surface area contributed by atoms with Crippen LogP contribution in [0.2, 0.25) is 0 Å². The van der Waals surface area contributed by atoms with Crippen molar-refractivity contribution in [3.63, 3.8) is 0 Å². The Balaban J connectivity index is 2.20. The Kier molecular flexibility index (Phi) is 5.73. The van der Waals surface area contributed by atoms with Gasteiger partial charge in [-0.05, 0) is 31.2 Å². The third kappa shape index (κ3) is 4.23. The summed E-state index contributed by atoms with van der Waals surface area (Å²) in [5.41, 5.74) is 5.44. The predicted octanol–water partition coefficient (Wildman–Crippen LogP) is 2.25. The van der Waals surface area contributed by atoms with E-state index in [2.05, 4.69) is 0 Å². The summed E-state index contributed by atoms with van der Waals surface area (Å²) < 4.78 is 11.2. The second-order valence-electron chi connectivity index (χ2n) is 4.87. The molecule has 2 aromatic rings. The van der Waals surface area contributed by atoms with E-state index in [-0.39, 0.29) is 18.0 Å². The number of nitrogens with zero attached hydrogens (tertiary/aromatic N) is 2. The second-order valence-corrected chi connectivity index (χ2v) is 4.87. The molecule has 7 nitrogen and oxygen atoms in total. The van der Waals surface area contributed by atoms with E-state index in [1.807, 2.05) is 24.3 Å². The van der Waals surface area contributed by atoms with Crippen molar-refractivity contribution in [2.24, 2.45) is 5.73 Å². The van der Waals surface area contributed by atoms with Crippen molar-refractivity contribution >= 4 is 5.91 Å². The molecule has 1 unspecified atom stereocenters. The summed E-state index contributed by atoms with van der Waals surface area (Å²) in [6, 6.07) is 15.8. The molecule has 0 aliphatic carbocycles. The number of benzene rings is 2. The van der Waals surface area contributed by atoms with Gasteiger partial charge in [0.15, 0.2) is 6.10 Å². The molecule has 0 aliphatic rings. The van der Waals surface area contributed by atoms with Gasteiger partial charge in [-0.2, -0.15) is 5.26 Å². The largest absolute Gasteiger partial charge is 0.479 e. The van der Waals surface area contributed by atoms with Crippen LogP contribution in [0.4, 0.5) is 0 Å². The van der Waals surface area contributed by atoms with Gasteiger partial charge in [0.2, 0.25) is 0 Å². The first-order valence-electron chi connectivity index (χ1n) is 7.19. The maximum atomic E-state index is 11.8. The third-order valence-corrected chi connectivity index (χ3v) is 3.13. The lowest BCUT2D eigenvalue weighted by Gasteiger charge is -2.19. The molecular weight excluding hydrogens is 310 g/mol. The van der Waals surface area contributed by atoms with Gasteiger partial charge in [-0.3, -0.25) is 10.0 Å². The molecule has 124 valence electrons. The first-order valence-corrected chi connectivity index (χ1v) is 7.19. The van der Waals surface area contributed by atoms with Gasteiger partial charge >= 0.3 is 0 Å². The van der Waals surface area contributed by atoms with Crippen LogP contribution in [0.25, 0.3) is 0 Å². The number of hydrogen-bond donors (Lipinski definition) is 2. The molecule has 2 rings (SSSR count). The molecule has 1 atom stereocenters. The van der Waals surface area contributed by atoms with E-state index in [9.17, 15) is 15.3 Å². The van der Waals surface area contributed by atoms with Crippen molar-refractivity contribution < 1.29 is 19.5 Å². The molecule has 7 heteroatoms. The van der Waals surface area contributed by atoms with Crippen molar-refractivity contribution in [3.05, 3.63) is 54.1 Å². The summed E-state index contributed by atoms with van der Waals surface area (Å²) >= 11 is 0. The number of hydrogen-bond acceptors (Lipinski definition) is 6. The van der Waals surface area contributed by atoms with Crippen LogP contribution in [-0.4, -0.2) is 29.0 Å². The number of carbonyl (C=O) groups excluding carboxylic acids is 1. The zero-order valence-corrected chi connectivity index (χ0v) is 13.0. The highest BCUT2D eigenvalue weighted by Crippen LogP contribution is 2.29. The minimum absolute atomic E-state index is 0.178. The highest BCUT2D eigenvalue weighted by atomic mass is 16.5. The van der Waals surface area contributed by atoms with Crippen LogP contribution in [0.5, 0.6) is 17.2 Å². The normalized spacial score (nSPS) is 11.2. The maximum Gasteiger partial charge on any atom is 0.287 e. The number of amides is 1.